The molecule has 2 heterocycles. The van der Waals surface area contributed by atoms with E-state index in [1.54, 1.807) is 24.3 Å². The van der Waals surface area contributed by atoms with Gasteiger partial charge in [-0.3, -0.25) is 25.2 Å². The second-order valence-corrected chi connectivity index (χ2v) is 7.87. The van der Waals surface area contributed by atoms with Crippen molar-refractivity contribution >= 4 is 33.9 Å². The van der Waals surface area contributed by atoms with E-state index in [2.05, 4.69) is 20.9 Å². The molecule has 0 saturated carbocycles. The Balaban J connectivity index is 1.43. The third-order valence-electron chi connectivity index (χ3n) is 4.65. The molecule has 0 unspecified atom stereocenters. The minimum atomic E-state index is -0.612. The number of benzene rings is 2. The van der Waals surface area contributed by atoms with Crippen LogP contribution in [0.4, 0.5) is 0 Å². The molecular weight excluding hydrogens is 414 g/mol. The second-order valence-electron chi connectivity index (χ2n) is 7.02. The van der Waals surface area contributed by atoms with Gasteiger partial charge >= 0.3 is 0 Å². The van der Waals surface area contributed by atoms with Gasteiger partial charge in [-0.15, -0.1) is 11.3 Å². The van der Waals surface area contributed by atoms with E-state index >= 15 is 0 Å². The van der Waals surface area contributed by atoms with Crippen molar-refractivity contribution < 1.29 is 9.59 Å². The summed E-state index contributed by atoms with van der Waals surface area (Å²) in [5.74, 6) is -1.03. The number of carbonyl (C=O) groups excluding carboxylic acids is 2. The van der Waals surface area contributed by atoms with Gasteiger partial charge in [-0.25, -0.2) is 9.67 Å². The topological polar surface area (TPSA) is 106 Å². The van der Waals surface area contributed by atoms with Crippen molar-refractivity contribution in [2.45, 2.75) is 13.3 Å². The molecule has 2 amide bonds. The normalized spacial score (nSPS) is 10.8. The first-order valence-electron chi connectivity index (χ1n) is 9.49. The first kappa shape index (κ1) is 20.4. The van der Waals surface area contributed by atoms with Crippen LogP contribution in [0.5, 0.6) is 0 Å². The highest BCUT2D eigenvalue weighted by Crippen LogP contribution is 2.24. The number of fused-ring (bicyclic) bond motifs is 1. The van der Waals surface area contributed by atoms with Gasteiger partial charge in [0.05, 0.1) is 17.5 Å². The Morgan fingerprint density at radius 1 is 1.06 bits per heavy atom. The van der Waals surface area contributed by atoms with Crippen LogP contribution in [0, 0.1) is 6.92 Å². The minimum absolute atomic E-state index is 0.0179. The lowest BCUT2D eigenvalue weighted by atomic mass is 10.1. The van der Waals surface area contributed by atoms with Crippen LogP contribution in [0.25, 0.3) is 21.3 Å². The zero-order valence-electron chi connectivity index (χ0n) is 16.9. The third-order valence-corrected chi connectivity index (χ3v) is 5.59. The number of amides is 2. The SMILES string of the molecule is Cc1cccc(-c2nc(CC(=O)NNC(=O)c3nn(C)c(=O)c4ccccc34)cs2)c1. The number of aryl methyl sites for hydroxylation is 2. The zero-order valence-corrected chi connectivity index (χ0v) is 17.7. The van der Waals surface area contributed by atoms with Gasteiger partial charge in [0.1, 0.15) is 5.01 Å². The molecule has 4 aromatic rings. The Morgan fingerprint density at radius 3 is 2.61 bits per heavy atom. The summed E-state index contributed by atoms with van der Waals surface area (Å²) in [5.41, 5.74) is 7.24. The molecule has 0 fully saturated rings. The van der Waals surface area contributed by atoms with Crippen molar-refractivity contribution in [2.24, 2.45) is 7.05 Å². The molecule has 0 aliphatic heterocycles. The summed E-state index contributed by atoms with van der Waals surface area (Å²) in [5, 5.41) is 7.48. The maximum atomic E-state index is 12.6. The number of hydrogen-bond acceptors (Lipinski definition) is 6. The minimum Gasteiger partial charge on any atom is -0.273 e. The smallest absolute Gasteiger partial charge is 0.273 e. The Morgan fingerprint density at radius 2 is 1.84 bits per heavy atom. The van der Waals surface area contributed by atoms with E-state index in [1.165, 1.54) is 18.4 Å². The van der Waals surface area contributed by atoms with Gasteiger partial charge in [-0.05, 0) is 19.1 Å². The average Bonchev–Trinajstić information content (AvgIpc) is 3.23. The van der Waals surface area contributed by atoms with E-state index in [4.69, 9.17) is 0 Å². The number of hydrogen-bond donors (Lipinski definition) is 2. The Labute approximate surface area is 181 Å². The largest absolute Gasteiger partial charge is 0.290 e. The quantitative estimate of drug-likeness (QED) is 0.481. The van der Waals surface area contributed by atoms with E-state index in [1.807, 2.05) is 36.6 Å². The summed E-state index contributed by atoms with van der Waals surface area (Å²) in [6, 6.07) is 14.7. The van der Waals surface area contributed by atoms with E-state index in [0.717, 1.165) is 20.8 Å². The molecule has 0 saturated heterocycles. The van der Waals surface area contributed by atoms with Crippen molar-refractivity contribution in [1.29, 1.82) is 0 Å². The van der Waals surface area contributed by atoms with E-state index in [-0.39, 0.29) is 17.7 Å². The summed E-state index contributed by atoms with van der Waals surface area (Å²) in [7, 11) is 1.47. The van der Waals surface area contributed by atoms with Crippen LogP contribution in [-0.2, 0) is 18.3 Å². The van der Waals surface area contributed by atoms with E-state index < -0.39 is 11.8 Å². The van der Waals surface area contributed by atoms with Crippen LogP contribution in [0.3, 0.4) is 0 Å². The lowest BCUT2D eigenvalue weighted by Crippen LogP contribution is -2.43. The molecule has 2 aromatic heterocycles. The molecular formula is C22H19N5O3S. The Hall–Kier alpha value is -3.85. The first-order chi connectivity index (χ1) is 14.9. The predicted octanol–water partition coefficient (Wildman–Crippen LogP) is 2.37. The van der Waals surface area contributed by atoms with Crippen LogP contribution < -0.4 is 16.4 Å². The van der Waals surface area contributed by atoms with Crippen LogP contribution in [0.15, 0.2) is 58.7 Å². The zero-order chi connectivity index (χ0) is 22.0. The molecule has 0 bridgehead atoms. The standard InChI is InChI=1S/C22H19N5O3S/c1-13-6-5-7-14(10-13)21-23-15(12-31-21)11-18(28)24-25-20(29)19-16-8-3-4-9-17(16)22(30)27(2)26-19/h3-10,12H,11H2,1-2H3,(H,24,28)(H,25,29). The van der Waals surface area contributed by atoms with Gasteiger partial charge in [0.2, 0.25) is 5.91 Å². The van der Waals surface area contributed by atoms with Gasteiger partial charge in [0.15, 0.2) is 5.69 Å². The maximum Gasteiger partial charge on any atom is 0.290 e. The summed E-state index contributed by atoms with van der Waals surface area (Å²) < 4.78 is 1.10. The molecule has 0 aliphatic carbocycles. The fraction of sp³-hybridized carbons (Fsp3) is 0.136. The molecule has 31 heavy (non-hydrogen) atoms. The van der Waals surface area contributed by atoms with Crippen molar-refractivity contribution in [1.82, 2.24) is 25.6 Å². The Kier molecular flexibility index (Phi) is 5.59. The molecule has 156 valence electrons. The summed E-state index contributed by atoms with van der Waals surface area (Å²) in [4.78, 5) is 41.6. The van der Waals surface area contributed by atoms with Crippen LogP contribution in [-0.4, -0.2) is 26.6 Å². The molecule has 0 spiro atoms. The molecule has 0 radical (unpaired) electrons. The lowest BCUT2D eigenvalue weighted by Gasteiger charge is -2.09. The van der Waals surface area contributed by atoms with Gasteiger partial charge in [0.25, 0.3) is 11.5 Å². The highest BCUT2D eigenvalue weighted by Gasteiger charge is 2.16. The first-order valence-corrected chi connectivity index (χ1v) is 10.4. The van der Waals surface area contributed by atoms with E-state index in [9.17, 15) is 14.4 Å². The highest BCUT2D eigenvalue weighted by atomic mass is 32.1. The average molecular weight is 433 g/mol. The monoisotopic (exact) mass is 433 g/mol. The number of nitrogens with zero attached hydrogens (tertiary/aromatic N) is 3. The van der Waals surface area contributed by atoms with Crippen LogP contribution in [0.1, 0.15) is 21.7 Å². The molecule has 8 nitrogen and oxygen atoms in total. The van der Waals surface area contributed by atoms with Crippen molar-refractivity contribution in [3.05, 3.63) is 81.2 Å². The Bertz CT molecular complexity index is 1360. The van der Waals surface area contributed by atoms with E-state index in [0.29, 0.717) is 16.5 Å². The molecule has 9 heteroatoms. The maximum absolute atomic E-state index is 12.6. The fourth-order valence-electron chi connectivity index (χ4n) is 3.16. The molecule has 0 atom stereocenters. The molecule has 4 rings (SSSR count). The van der Waals surface area contributed by atoms with Crippen LogP contribution >= 0.6 is 11.3 Å². The molecule has 2 aromatic carbocycles. The van der Waals surface area contributed by atoms with Gasteiger partial charge in [-0.2, -0.15) is 5.10 Å². The summed E-state index contributed by atoms with van der Waals surface area (Å²) >= 11 is 1.46. The third kappa shape index (κ3) is 4.36. The summed E-state index contributed by atoms with van der Waals surface area (Å²) in [6.07, 6.45) is 0.0179. The van der Waals surface area contributed by atoms with Crippen LogP contribution in [0.2, 0.25) is 0 Å². The van der Waals surface area contributed by atoms with Crippen molar-refractivity contribution in [3.8, 4) is 10.6 Å². The number of nitrogens with one attached hydrogen (secondary N) is 2. The number of rotatable bonds is 4. The number of hydrazine groups is 1. The lowest BCUT2D eigenvalue weighted by molar-refractivity contribution is -0.121. The molecule has 0 aliphatic rings. The van der Waals surface area contributed by atoms with Gasteiger partial charge < -0.3 is 0 Å². The second kappa shape index (κ2) is 8.49. The highest BCUT2D eigenvalue weighted by molar-refractivity contribution is 7.13. The van der Waals surface area contributed by atoms with Gasteiger partial charge in [-0.1, -0.05) is 42.0 Å². The number of carbonyl (C=O) groups is 2. The molecule has 2 N–H and O–H groups in total. The predicted molar refractivity (Wildman–Crippen MR) is 119 cm³/mol. The number of thiazole rings is 1. The van der Waals surface area contributed by atoms with Gasteiger partial charge in [0, 0.05) is 23.4 Å². The van der Waals surface area contributed by atoms with Crippen molar-refractivity contribution in [3.63, 3.8) is 0 Å². The number of aromatic nitrogens is 3. The van der Waals surface area contributed by atoms with Crippen molar-refractivity contribution in [2.75, 3.05) is 0 Å². The summed E-state index contributed by atoms with van der Waals surface area (Å²) in [6.45, 7) is 2.01. The fourth-order valence-corrected chi connectivity index (χ4v) is 3.98.